The first-order chi connectivity index (χ1) is 8.54. The van der Waals surface area contributed by atoms with E-state index in [9.17, 15) is 13.6 Å². The summed E-state index contributed by atoms with van der Waals surface area (Å²) in [5.74, 6) is -0.627. The molecule has 0 saturated carbocycles. The van der Waals surface area contributed by atoms with E-state index in [1.54, 1.807) is 6.07 Å². The Hall–Kier alpha value is -1.36. The molecule has 1 unspecified atom stereocenters. The van der Waals surface area contributed by atoms with Gasteiger partial charge in [-0.1, -0.05) is 19.1 Å². The molecule has 18 heavy (non-hydrogen) atoms. The van der Waals surface area contributed by atoms with Crippen LogP contribution in [0.25, 0.3) is 0 Å². The number of amides is 1. The Morgan fingerprint density at radius 3 is 2.72 bits per heavy atom. The number of rotatable bonds is 6. The molecule has 1 atom stereocenters. The number of benzene rings is 1. The van der Waals surface area contributed by atoms with Crippen LogP contribution in [0.4, 0.5) is 8.78 Å². The lowest BCUT2D eigenvalue weighted by Crippen LogP contribution is -2.29. The van der Waals surface area contributed by atoms with E-state index in [1.807, 2.05) is 6.92 Å². The predicted molar refractivity (Wildman–Crippen MR) is 65.3 cm³/mol. The topological polar surface area (TPSA) is 38.3 Å². The van der Waals surface area contributed by atoms with E-state index in [4.69, 9.17) is 11.6 Å². The Balaban J connectivity index is 2.72. The van der Waals surface area contributed by atoms with Gasteiger partial charge in [-0.2, -0.15) is 8.78 Å². The maximum absolute atomic E-state index is 12.2. The summed E-state index contributed by atoms with van der Waals surface area (Å²) in [6, 6.07) is 5.83. The van der Waals surface area contributed by atoms with Gasteiger partial charge in [0.1, 0.15) is 5.75 Å². The number of alkyl halides is 3. The van der Waals surface area contributed by atoms with Crippen LogP contribution in [0.3, 0.4) is 0 Å². The van der Waals surface area contributed by atoms with E-state index < -0.39 is 12.5 Å². The summed E-state index contributed by atoms with van der Waals surface area (Å²) in [7, 11) is 0. The Morgan fingerprint density at radius 1 is 1.44 bits per heavy atom. The van der Waals surface area contributed by atoms with Crippen molar-refractivity contribution < 1.29 is 18.3 Å². The highest BCUT2D eigenvalue weighted by Gasteiger charge is 2.15. The van der Waals surface area contributed by atoms with E-state index >= 15 is 0 Å². The van der Waals surface area contributed by atoms with Gasteiger partial charge in [-0.05, 0) is 18.6 Å². The maximum Gasteiger partial charge on any atom is 0.387 e. The zero-order valence-electron chi connectivity index (χ0n) is 9.83. The fourth-order valence-electron chi connectivity index (χ4n) is 1.30. The van der Waals surface area contributed by atoms with Crippen molar-refractivity contribution in [3.63, 3.8) is 0 Å². The third kappa shape index (κ3) is 4.49. The van der Waals surface area contributed by atoms with Crippen LogP contribution in [0.1, 0.15) is 23.7 Å². The van der Waals surface area contributed by atoms with E-state index in [2.05, 4.69) is 10.1 Å². The van der Waals surface area contributed by atoms with Gasteiger partial charge in [-0.25, -0.2) is 0 Å². The van der Waals surface area contributed by atoms with Gasteiger partial charge in [0, 0.05) is 6.54 Å². The highest BCUT2D eigenvalue weighted by Crippen LogP contribution is 2.20. The Labute approximate surface area is 109 Å². The standard InChI is InChI=1S/C12H14ClF2NO2/c1-2-8(13)7-16-11(17)9-5-3-4-6-10(9)18-12(14)15/h3-6,8,12H,2,7H2,1H3,(H,16,17). The Kier molecular flexibility index (Phi) is 5.85. The number of halogens is 3. The first-order valence-electron chi connectivity index (χ1n) is 5.50. The number of carbonyl (C=O) groups is 1. The second kappa shape index (κ2) is 7.16. The molecular weight excluding hydrogens is 264 g/mol. The number of para-hydroxylation sites is 1. The molecule has 100 valence electrons. The van der Waals surface area contributed by atoms with Crippen LogP contribution in [0, 0.1) is 0 Å². The summed E-state index contributed by atoms with van der Waals surface area (Å²) in [6.07, 6.45) is 0.705. The molecule has 0 fully saturated rings. The minimum Gasteiger partial charge on any atom is -0.434 e. The normalized spacial score (nSPS) is 12.3. The first kappa shape index (κ1) is 14.7. The minimum atomic E-state index is -2.96. The molecule has 0 aliphatic rings. The quantitative estimate of drug-likeness (QED) is 0.812. The average Bonchev–Trinajstić information content (AvgIpc) is 2.35. The van der Waals surface area contributed by atoms with Gasteiger partial charge in [0.15, 0.2) is 0 Å². The van der Waals surface area contributed by atoms with E-state index in [-0.39, 0.29) is 23.2 Å². The fraction of sp³-hybridized carbons (Fsp3) is 0.417. The van der Waals surface area contributed by atoms with Gasteiger partial charge < -0.3 is 10.1 Å². The Bertz CT molecular complexity index is 401. The van der Waals surface area contributed by atoms with Gasteiger partial charge in [-0.15, -0.1) is 11.6 Å². The molecule has 1 aromatic rings. The van der Waals surface area contributed by atoms with E-state index in [1.165, 1.54) is 18.2 Å². The molecule has 0 aromatic heterocycles. The molecule has 1 N–H and O–H groups in total. The lowest BCUT2D eigenvalue weighted by molar-refractivity contribution is -0.0501. The number of nitrogens with one attached hydrogen (secondary N) is 1. The maximum atomic E-state index is 12.2. The molecule has 0 aliphatic heterocycles. The smallest absolute Gasteiger partial charge is 0.387 e. The van der Waals surface area contributed by atoms with Crippen molar-refractivity contribution in [3.05, 3.63) is 29.8 Å². The SMILES string of the molecule is CCC(Cl)CNC(=O)c1ccccc1OC(F)F. The molecule has 0 radical (unpaired) electrons. The van der Waals surface area contributed by atoms with E-state index in [0.29, 0.717) is 6.42 Å². The summed E-state index contributed by atoms with van der Waals surface area (Å²) in [4.78, 5) is 11.8. The first-order valence-corrected chi connectivity index (χ1v) is 5.94. The van der Waals surface area contributed by atoms with Crippen LogP contribution in [0.2, 0.25) is 0 Å². The fourth-order valence-corrected chi connectivity index (χ4v) is 1.37. The van der Waals surface area contributed by atoms with Crippen molar-refractivity contribution in [2.75, 3.05) is 6.54 Å². The van der Waals surface area contributed by atoms with Crippen molar-refractivity contribution in [2.24, 2.45) is 0 Å². The molecule has 1 rings (SSSR count). The molecule has 0 spiro atoms. The third-order valence-electron chi connectivity index (χ3n) is 2.27. The second-order valence-electron chi connectivity index (χ2n) is 3.59. The Morgan fingerprint density at radius 2 is 2.11 bits per heavy atom. The molecule has 0 aliphatic carbocycles. The van der Waals surface area contributed by atoms with Crippen molar-refractivity contribution in [2.45, 2.75) is 25.3 Å². The number of ether oxygens (including phenoxy) is 1. The zero-order valence-corrected chi connectivity index (χ0v) is 10.6. The highest BCUT2D eigenvalue weighted by molar-refractivity contribution is 6.20. The lowest BCUT2D eigenvalue weighted by Gasteiger charge is -2.12. The van der Waals surface area contributed by atoms with Crippen LogP contribution in [-0.2, 0) is 0 Å². The minimum absolute atomic E-state index is 0.0674. The highest BCUT2D eigenvalue weighted by atomic mass is 35.5. The molecule has 1 aromatic carbocycles. The molecule has 6 heteroatoms. The largest absolute Gasteiger partial charge is 0.434 e. The summed E-state index contributed by atoms with van der Waals surface area (Å²) < 4.78 is 28.6. The number of carbonyl (C=O) groups excluding carboxylic acids is 1. The predicted octanol–water partition coefficient (Wildman–Crippen LogP) is 3.04. The van der Waals surface area contributed by atoms with Crippen LogP contribution in [0.15, 0.2) is 24.3 Å². The van der Waals surface area contributed by atoms with Gasteiger partial charge in [0.25, 0.3) is 5.91 Å². The van der Waals surface area contributed by atoms with Gasteiger partial charge in [0.2, 0.25) is 0 Å². The average molecular weight is 278 g/mol. The van der Waals surface area contributed by atoms with Crippen LogP contribution >= 0.6 is 11.6 Å². The summed E-state index contributed by atoms with van der Waals surface area (Å²) in [5, 5.41) is 2.38. The van der Waals surface area contributed by atoms with E-state index in [0.717, 1.165) is 0 Å². The van der Waals surface area contributed by atoms with Gasteiger partial charge in [-0.3, -0.25) is 4.79 Å². The molecule has 0 heterocycles. The third-order valence-corrected chi connectivity index (χ3v) is 2.74. The van der Waals surface area contributed by atoms with Gasteiger partial charge in [0.05, 0.1) is 10.9 Å². The summed E-state index contributed by atoms with van der Waals surface area (Å²) in [5.41, 5.74) is 0.0674. The lowest BCUT2D eigenvalue weighted by atomic mass is 10.2. The molecular formula is C12H14ClF2NO2. The molecule has 0 saturated heterocycles. The van der Waals surface area contributed by atoms with Crippen molar-refractivity contribution in [1.29, 1.82) is 0 Å². The van der Waals surface area contributed by atoms with Gasteiger partial charge >= 0.3 is 6.61 Å². The molecule has 0 bridgehead atoms. The number of hydrogen-bond donors (Lipinski definition) is 1. The number of hydrogen-bond acceptors (Lipinski definition) is 2. The van der Waals surface area contributed by atoms with Crippen LogP contribution in [0.5, 0.6) is 5.75 Å². The van der Waals surface area contributed by atoms with Crippen molar-refractivity contribution in [1.82, 2.24) is 5.32 Å². The van der Waals surface area contributed by atoms with Crippen LogP contribution < -0.4 is 10.1 Å². The monoisotopic (exact) mass is 277 g/mol. The summed E-state index contributed by atoms with van der Waals surface area (Å²) >= 11 is 5.85. The van der Waals surface area contributed by atoms with Crippen LogP contribution in [-0.4, -0.2) is 24.4 Å². The molecule has 3 nitrogen and oxygen atoms in total. The zero-order chi connectivity index (χ0) is 13.5. The molecule has 1 amide bonds. The second-order valence-corrected chi connectivity index (χ2v) is 4.21. The van der Waals surface area contributed by atoms with Crippen molar-refractivity contribution >= 4 is 17.5 Å². The summed E-state index contributed by atoms with van der Waals surface area (Å²) in [6.45, 7) is -0.798. The van der Waals surface area contributed by atoms with Crippen molar-refractivity contribution in [3.8, 4) is 5.75 Å².